The number of ether oxygens (including phenoxy) is 2. The van der Waals surface area contributed by atoms with Gasteiger partial charge in [0, 0.05) is 25.7 Å². The first-order chi connectivity index (χ1) is 16.5. The number of benzene rings is 1. The molecule has 0 aliphatic rings. The number of hydrogen-bond donors (Lipinski definition) is 1. The fourth-order valence-corrected chi connectivity index (χ4v) is 3.63. The molecule has 12 heteroatoms. The van der Waals surface area contributed by atoms with Crippen LogP contribution in [0, 0.1) is 6.92 Å². The minimum absolute atomic E-state index is 0.305. The first-order valence-corrected chi connectivity index (χ1v) is 10.7. The number of aromatic nitrogens is 4. The number of aryl methyl sites for hydroxylation is 1. The molecule has 0 bridgehead atoms. The van der Waals surface area contributed by atoms with Gasteiger partial charge in [-0.25, -0.2) is 14.3 Å². The van der Waals surface area contributed by atoms with E-state index in [0.717, 1.165) is 20.8 Å². The summed E-state index contributed by atoms with van der Waals surface area (Å²) >= 11 is 6.45. The fraction of sp³-hybridized carbons (Fsp3) is 0.261. The van der Waals surface area contributed by atoms with E-state index in [9.17, 15) is 19.2 Å². The van der Waals surface area contributed by atoms with Crippen LogP contribution in [0.3, 0.4) is 0 Å². The van der Waals surface area contributed by atoms with Gasteiger partial charge in [0.25, 0.3) is 5.56 Å². The number of methoxy groups -OCH3 is 1. The summed E-state index contributed by atoms with van der Waals surface area (Å²) in [4.78, 5) is 48.8. The van der Waals surface area contributed by atoms with Gasteiger partial charge in [-0.3, -0.25) is 18.7 Å². The maximum Gasteiger partial charge on any atom is 0.332 e. The smallest absolute Gasteiger partial charge is 0.332 e. The molecule has 2 heterocycles. The third-order valence-corrected chi connectivity index (χ3v) is 5.69. The Hall–Kier alpha value is -4.12. The Labute approximate surface area is 204 Å². The highest BCUT2D eigenvalue weighted by atomic mass is 35.5. The van der Waals surface area contributed by atoms with E-state index in [1.165, 1.54) is 20.2 Å². The van der Waals surface area contributed by atoms with Crippen molar-refractivity contribution in [1.29, 1.82) is 0 Å². The number of carbonyl (C=O) groups is 2. The molecule has 0 spiro atoms. The van der Waals surface area contributed by atoms with Crippen molar-refractivity contribution >= 4 is 35.2 Å². The lowest BCUT2D eigenvalue weighted by Crippen LogP contribution is -2.42. The molecule has 0 saturated carbocycles. The standard InChI is InChI=1S/C23H24ClN5O6/c1-13-16(20(24)29(26-13)11-14-6-5-7-15(10-14)34-4)8-9-18(31)35-12-17(30)19-21(25)27(2)23(33)28(3)22(19)32/h5-10H,11-12,25H2,1-4H3. The van der Waals surface area contributed by atoms with Crippen molar-refractivity contribution < 1.29 is 19.1 Å². The summed E-state index contributed by atoms with van der Waals surface area (Å²) < 4.78 is 13.5. The summed E-state index contributed by atoms with van der Waals surface area (Å²) in [5, 5.41) is 4.72. The average Bonchev–Trinajstić information content (AvgIpc) is 3.10. The van der Waals surface area contributed by atoms with Crippen molar-refractivity contribution in [1.82, 2.24) is 18.9 Å². The van der Waals surface area contributed by atoms with E-state index in [1.807, 2.05) is 24.3 Å². The maximum atomic E-state index is 12.5. The number of nitrogen functional groups attached to an aromatic ring is 1. The number of rotatable bonds is 8. The number of nitrogens with two attached hydrogens (primary N) is 1. The Bertz CT molecular complexity index is 1450. The number of esters is 1. The molecule has 1 aromatic carbocycles. The molecular formula is C23H24ClN5O6. The van der Waals surface area contributed by atoms with Crippen LogP contribution in [-0.4, -0.2) is 44.4 Å². The third kappa shape index (κ3) is 5.35. The van der Waals surface area contributed by atoms with Crippen LogP contribution in [0.15, 0.2) is 39.9 Å². The topological polar surface area (TPSA) is 140 Å². The van der Waals surface area contributed by atoms with Crippen LogP contribution >= 0.6 is 11.6 Å². The highest BCUT2D eigenvalue weighted by Gasteiger charge is 2.21. The van der Waals surface area contributed by atoms with Gasteiger partial charge < -0.3 is 15.2 Å². The molecule has 0 radical (unpaired) electrons. The molecule has 0 saturated heterocycles. The maximum absolute atomic E-state index is 12.5. The molecule has 0 unspecified atom stereocenters. The summed E-state index contributed by atoms with van der Waals surface area (Å²) in [6, 6.07) is 7.45. The van der Waals surface area contributed by atoms with E-state index < -0.39 is 35.2 Å². The SMILES string of the molecule is COc1cccc(Cn2nc(C)c(C=CC(=O)OCC(=O)c3c(N)n(C)c(=O)n(C)c3=O)c2Cl)c1. The number of hydrogen-bond acceptors (Lipinski definition) is 8. The molecule has 0 amide bonds. The van der Waals surface area contributed by atoms with Gasteiger partial charge in [0.15, 0.2) is 6.61 Å². The van der Waals surface area contributed by atoms with Crippen LogP contribution < -0.4 is 21.7 Å². The number of halogens is 1. The molecule has 0 aliphatic carbocycles. The summed E-state index contributed by atoms with van der Waals surface area (Å²) in [7, 11) is 4.12. The first-order valence-electron chi connectivity index (χ1n) is 10.3. The van der Waals surface area contributed by atoms with Crippen LogP contribution in [0.4, 0.5) is 5.82 Å². The summed E-state index contributed by atoms with van der Waals surface area (Å²) in [5.74, 6) is -1.27. The van der Waals surface area contributed by atoms with Crippen molar-refractivity contribution in [3.63, 3.8) is 0 Å². The molecule has 35 heavy (non-hydrogen) atoms. The second-order valence-corrected chi connectivity index (χ2v) is 7.99. The quantitative estimate of drug-likeness (QED) is 0.277. The minimum atomic E-state index is -0.868. The Morgan fingerprint density at radius 2 is 1.91 bits per heavy atom. The van der Waals surface area contributed by atoms with Gasteiger partial charge >= 0.3 is 11.7 Å². The molecular weight excluding hydrogens is 478 g/mol. The third-order valence-electron chi connectivity index (χ3n) is 5.30. The largest absolute Gasteiger partial charge is 0.497 e. The number of ketones is 1. The fourth-order valence-electron chi connectivity index (χ4n) is 3.34. The van der Waals surface area contributed by atoms with Gasteiger partial charge in [-0.2, -0.15) is 5.10 Å². The van der Waals surface area contributed by atoms with E-state index in [1.54, 1.807) is 18.7 Å². The Balaban J connectivity index is 1.70. The van der Waals surface area contributed by atoms with Gasteiger partial charge in [-0.15, -0.1) is 0 Å². The monoisotopic (exact) mass is 501 g/mol. The van der Waals surface area contributed by atoms with Crippen LogP contribution in [0.2, 0.25) is 5.15 Å². The minimum Gasteiger partial charge on any atom is -0.497 e. The van der Waals surface area contributed by atoms with Gasteiger partial charge in [-0.1, -0.05) is 23.7 Å². The lowest BCUT2D eigenvalue weighted by Gasteiger charge is -2.10. The summed E-state index contributed by atoms with van der Waals surface area (Å²) in [6.07, 6.45) is 2.53. The second kappa shape index (κ2) is 10.4. The molecule has 2 N–H and O–H groups in total. The molecule has 0 fully saturated rings. The van der Waals surface area contributed by atoms with E-state index in [0.29, 0.717) is 28.7 Å². The first kappa shape index (κ1) is 25.5. The average molecular weight is 502 g/mol. The Kier molecular flexibility index (Phi) is 7.60. The van der Waals surface area contributed by atoms with E-state index in [2.05, 4.69) is 5.10 Å². The van der Waals surface area contributed by atoms with Crippen molar-refractivity contribution in [2.24, 2.45) is 14.1 Å². The van der Waals surface area contributed by atoms with Crippen molar-refractivity contribution in [3.05, 3.63) is 78.7 Å². The molecule has 0 atom stereocenters. The van der Waals surface area contributed by atoms with Crippen molar-refractivity contribution in [3.8, 4) is 5.75 Å². The molecule has 3 aromatic rings. The zero-order valence-corrected chi connectivity index (χ0v) is 20.3. The lowest BCUT2D eigenvalue weighted by molar-refractivity contribution is -0.136. The van der Waals surface area contributed by atoms with E-state index in [4.69, 9.17) is 26.8 Å². The molecule has 3 rings (SSSR count). The van der Waals surface area contributed by atoms with Gasteiger partial charge in [0.05, 0.1) is 19.3 Å². The predicted octanol–water partition coefficient (Wildman–Crippen LogP) is 1.32. The van der Waals surface area contributed by atoms with Crippen LogP contribution in [0.5, 0.6) is 5.75 Å². The summed E-state index contributed by atoms with van der Waals surface area (Å²) in [6.45, 7) is 1.39. The molecule has 2 aromatic heterocycles. The van der Waals surface area contributed by atoms with Crippen LogP contribution in [0.25, 0.3) is 6.08 Å². The van der Waals surface area contributed by atoms with E-state index >= 15 is 0 Å². The van der Waals surface area contributed by atoms with Gasteiger partial charge in [-0.05, 0) is 30.7 Å². The van der Waals surface area contributed by atoms with Crippen molar-refractivity contribution in [2.75, 3.05) is 19.5 Å². The number of nitrogens with zero attached hydrogens (tertiary/aromatic N) is 4. The highest BCUT2D eigenvalue weighted by Crippen LogP contribution is 2.23. The molecule has 184 valence electrons. The van der Waals surface area contributed by atoms with Crippen LogP contribution in [0.1, 0.15) is 27.2 Å². The Morgan fingerprint density at radius 3 is 2.60 bits per heavy atom. The predicted molar refractivity (Wildman–Crippen MR) is 130 cm³/mol. The van der Waals surface area contributed by atoms with Gasteiger partial charge in [0.2, 0.25) is 5.78 Å². The second-order valence-electron chi connectivity index (χ2n) is 7.63. The van der Waals surface area contributed by atoms with E-state index in [-0.39, 0.29) is 5.82 Å². The normalized spacial score (nSPS) is 11.1. The zero-order chi connectivity index (χ0) is 25.9. The van der Waals surface area contributed by atoms with Crippen molar-refractivity contribution in [2.45, 2.75) is 13.5 Å². The Morgan fingerprint density at radius 1 is 1.20 bits per heavy atom. The van der Waals surface area contributed by atoms with Crippen LogP contribution in [-0.2, 0) is 30.2 Å². The lowest BCUT2D eigenvalue weighted by atomic mass is 10.2. The highest BCUT2D eigenvalue weighted by molar-refractivity contribution is 6.31. The zero-order valence-electron chi connectivity index (χ0n) is 19.6. The molecule has 0 aliphatic heterocycles. The van der Waals surface area contributed by atoms with Gasteiger partial charge in [0.1, 0.15) is 22.3 Å². The number of carbonyl (C=O) groups excluding carboxylic acids is 2. The number of Topliss-reactive ketones (excluding diaryl/α,β-unsaturated/α-hetero) is 1. The number of anilines is 1. The summed E-state index contributed by atoms with van der Waals surface area (Å²) in [5.41, 5.74) is 5.79. The molecule has 11 nitrogen and oxygen atoms in total.